The Labute approximate surface area is 108 Å². The molecule has 0 bridgehead atoms. The van der Waals surface area contributed by atoms with Crippen LogP contribution in [-0.2, 0) is 11.2 Å². The first-order valence-corrected chi connectivity index (χ1v) is 6.28. The molecular weight excluding hydrogens is 232 g/mol. The van der Waals surface area contributed by atoms with E-state index in [0.29, 0.717) is 24.9 Å². The average molecular weight is 254 g/mol. The molecule has 0 saturated heterocycles. The fraction of sp³-hybridized carbons (Fsp3) is 0.667. The van der Waals surface area contributed by atoms with Crippen molar-refractivity contribution in [3.63, 3.8) is 0 Å². The SMILES string of the molecule is CCCc1nc(NN)cc(OC(C)COCC)n1. The van der Waals surface area contributed by atoms with E-state index in [4.69, 9.17) is 15.3 Å². The average Bonchev–Trinajstić information content (AvgIpc) is 2.36. The van der Waals surface area contributed by atoms with E-state index in [9.17, 15) is 0 Å². The summed E-state index contributed by atoms with van der Waals surface area (Å²) in [5.74, 6) is 7.19. The number of nitrogens with two attached hydrogens (primary N) is 1. The smallest absolute Gasteiger partial charge is 0.219 e. The summed E-state index contributed by atoms with van der Waals surface area (Å²) in [6.45, 7) is 7.17. The molecule has 1 unspecified atom stereocenters. The summed E-state index contributed by atoms with van der Waals surface area (Å²) < 4.78 is 11.0. The molecule has 1 heterocycles. The zero-order valence-corrected chi connectivity index (χ0v) is 11.3. The molecule has 0 fully saturated rings. The van der Waals surface area contributed by atoms with Crippen molar-refractivity contribution in [1.82, 2.24) is 9.97 Å². The molecule has 1 aromatic heterocycles. The number of nitrogen functional groups attached to an aromatic ring is 1. The first-order chi connectivity index (χ1) is 8.69. The third-order valence-corrected chi connectivity index (χ3v) is 2.25. The van der Waals surface area contributed by atoms with Gasteiger partial charge in [0.1, 0.15) is 17.7 Å². The lowest BCUT2D eigenvalue weighted by atomic mass is 10.3. The second-order valence-electron chi connectivity index (χ2n) is 3.99. The number of hydrogen-bond donors (Lipinski definition) is 2. The van der Waals surface area contributed by atoms with Crippen molar-refractivity contribution in [2.75, 3.05) is 18.6 Å². The molecule has 0 aromatic carbocycles. The number of hydrazine groups is 1. The molecule has 0 aliphatic heterocycles. The lowest BCUT2D eigenvalue weighted by Crippen LogP contribution is -2.20. The van der Waals surface area contributed by atoms with E-state index in [1.807, 2.05) is 13.8 Å². The number of aryl methyl sites for hydroxylation is 1. The molecule has 6 heteroatoms. The van der Waals surface area contributed by atoms with Crippen LogP contribution in [0, 0.1) is 0 Å². The minimum absolute atomic E-state index is 0.0556. The predicted octanol–water partition coefficient (Wildman–Crippen LogP) is 1.52. The van der Waals surface area contributed by atoms with Crippen molar-refractivity contribution >= 4 is 5.82 Å². The Bertz CT molecular complexity index is 360. The van der Waals surface area contributed by atoms with E-state index >= 15 is 0 Å². The van der Waals surface area contributed by atoms with Gasteiger partial charge in [0.15, 0.2) is 0 Å². The van der Waals surface area contributed by atoms with Crippen LogP contribution in [0.25, 0.3) is 0 Å². The van der Waals surface area contributed by atoms with Crippen LogP contribution < -0.4 is 16.0 Å². The molecule has 6 nitrogen and oxygen atoms in total. The summed E-state index contributed by atoms with van der Waals surface area (Å²) in [5.41, 5.74) is 2.52. The molecule has 1 atom stereocenters. The Morgan fingerprint density at radius 3 is 2.78 bits per heavy atom. The van der Waals surface area contributed by atoms with Crippen molar-refractivity contribution in [3.8, 4) is 5.88 Å². The standard InChI is InChI=1S/C12H22N4O2/c1-4-6-10-14-11(16-13)7-12(15-10)18-9(3)8-17-5-2/h7,9H,4-6,8,13H2,1-3H3,(H,14,15,16). The van der Waals surface area contributed by atoms with Gasteiger partial charge in [-0.05, 0) is 20.3 Å². The summed E-state index contributed by atoms with van der Waals surface area (Å²) in [7, 11) is 0. The van der Waals surface area contributed by atoms with Crippen molar-refractivity contribution in [2.24, 2.45) is 5.84 Å². The Balaban J connectivity index is 2.71. The Hall–Kier alpha value is -1.40. The van der Waals surface area contributed by atoms with Crippen LogP contribution in [0.4, 0.5) is 5.82 Å². The number of nitrogens with zero attached hydrogens (tertiary/aromatic N) is 2. The fourth-order valence-corrected chi connectivity index (χ4v) is 1.47. The molecule has 0 radical (unpaired) electrons. The van der Waals surface area contributed by atoms with E-state index in [2.05, 4.69) is 22.3 Å². The molecule has 0 amide bonds. The summed E-state index contributed by atoms with van der Waals surface area (Å²) in [5, 5.41) is 0. The molecule has 0 aliphatic carbocycles. The van der Waals surface area contributed by atoms with Gasteiger partial charge in [-0.25, -0.2) is 10.8 Å². The Kier molecular flexibility index (Phi) is 6.38. The van der Waals surface area contributed by atoms with Crippen molar-refractivity contribution in [2.45, 2.75) is 39.7 Å². The molecule has 102 valence electrons. The quantitative estimate of drug-likeness (QED) is 0.540. The zero-order chi connectivity index (χ0) is 13.4. The third-order valence-electron chi connectivity index (χ3n) is 2.25. The van der Waals surface area contributed by atoms with Gasteiger partial charge in [0.25, 0.3) is 0 Å². The summed E-state index contributed by atoms with van der Waals surface area (Å²) in [6, 6.07) is 1.68. The van der Waals surface area contributed by atoms with E-state index in [1.165, 1.54) is 0 Å². The topological polar surface area (TPSA) is 82.3 Å². The van der Waals surface area contributed by atoms with E-state index in [0.717, 1.165) is 18.7 Å². The van der Waals surface area contributed by atoms with Gasteiger partial charge in [-0.2, -0.15) is 4.98 Å². The summed E-state index contributed by atoms with van der Waals surface area (Å²) in [4.78, 5) is 8.59. The minimum Gasteiger partial charge on any atom is -0.472 e. The zero-order valence-electron chi connectivity index (χ0n) is 11.3. The van der Waals surface area contributed by atoms with Gasteiger partial charge in [-0.1, -0.05) is 6.92 Å². The maximum atomic E-state index is 5.67. The second-order valence-corrected chi connectivity index (χ2v) is 3.99. The van der Waals surface area contributed by atoms with Gasteiger partial charge < -0.3 is 14.9 Å². The molecule has 1 rings (SSSR count). The maximum absolute atomic E-state index is 5.67. The van der Waals surface area contributed by atoms with Gasteiger partial charge >= 0.3 is 0 Å². The third kappa shape index (κ3) is 4.85. The fourth-order valence-electron chi connectivity index (χ4n) is 1.47. The highest BCUT2D eigenvalue weighted by Crippen LogP contribution is 2.15. The number of ether oxygens (including phenoxy) is 2. The molecule has 1 aromatic rings. The normalized spacial score (nSPS) is 12.2. The van der Waals surface area contributed by atoms with Gasteiger partial charge in [-0.3, -0.25) is 0 Å². The largest absolute Gasteiger partial charge is 0.472 e. The van der Waals surface area contributed by atoms with Crippen LogP contribution in [0.3, 0.4) is 0 Å². The summed E-state index contributed by atoms with van der Waals surface area (Å²) in [6.07, 6.45) is 1.72. The first-order valence-electron chi connectivity index (χ1n) is 6.28. The van der Waals surface area contributed by atoms with E-state index in [1.54, 1.807) is 6.07 Å². The minimum atomic E-state index is -0.0556. The van der Waals surface area contributed by atoms with Gasteiger partial charge in [0.2, 0.25) is 5.88 Å². The van der Waals surface area contributed by atoms with Gasteiger partial charge in [0, 0.05) is 19.1 Å². The number of aromatic nitrogens is 2. The molecule has 18 heavy (non-hydrogen) atoms. The van der Waals surface area contributed by atoms with E-state index in [-0.39, 0.29) is 6.10 Å². The van der Waals surface area contributed by atoms with Gasteiger partial charge in [0.05, 0.1) is 6.61 Å². The van der Waals surface area contributed by atoms with Crippen LogP contribution >= 0.6 is 0 Å². The number of rotatable bonds is 8. The van der Waals surface area contributed by atoms with Crippen molar-refractivity contribution in [3.05, 3.63) is 11.9 Å². The molecule has 0 spiro atoms. The van der Waals surface area contributed by atoms with Crippen LogP contribution in [0.1, 0.15) is 33.0 Å². The number of anilines is 1. The number of hydrogen-bond acceptors (Lipinski definition) is 6. The van der Waals surface area contributed by atoms with Crippen molar-refractivity contribution in [1.29, 1.82) is 0 Å². The molecule has 0 saturated carbocycles. The highest BCUT2D eigenvalue weighted by atomic mass is 16.5. The van der Waals surface area contributed by atoms with Crippen LogP contribution in [0.5, 0.6) is 5.88 Å². The maximum Gasteiger partial charge on any atom is 0.219 e. The van der Waals surface area contributed by atoms with Crippen molar-refractivity contribution < 1.29 is 9.47 Å². The van der Waals surface area contributed by atoms with Crippen LogP contribution in [0.15, 0.2) is 6.07 Å². The highest BCUT2D eigenvalue weighted by Gasteiger charge is 2.08. The van der Waals surface area contributed by atoms with Crippen LogP contribution in [-0.4, -0.2) is 29.3 Å². The Morgan fingerprint density at radius 2 is 2.17 bits per heavy atom. The molecule has 3 N–H and O–H groups in total. The highest BCUT2D eigenvalue weighted by molar-refractivity contribution is 5.37. The van der Waals surface area contributed by atoms with E-state index < -0.39 is 0 Å². The van der Waals surface area contributed by atoms with Gasteiger partial charge in [-0.15, -0.1) is 0 Å². The number of nitrogens with one attached hydrogen (secondary N) is 1. The summed E-state index contributed by atoms with van der Waals surface area (Å²) >= 11 is 0. The molecule has 0 aliphatic rings. The lowest BCUT2D eigenvalue weighted by molar-refractivity contribution is 0.0632. The monoisotopic (exact) mass is 254 g/mol. The molecular formula is C12H22N4O2. The first kappa shape index (κ1) is 14.7. The lowest BCUT2D eigenvalue weighted by Gasteiger charge is -2.14. The van der Waals surface area contributed by atoms with Crippen LogP contribution in [0.2, 0.25) is 0 Å². The predicted molar refractivity (Wildman–Crippen MR) is 70.4 cm³/mol. The second kappa shape index (κ2) is 7.84. The Morgan fingerprint density at radius 1 is 1.39 bits per heavy atom.